The van der Waals surface area contributed by atoms with E-state index in [9.17, 15) is 0 Å². The zero-order valence-electron chi connectivity index (χ0n) is 11.8. The lowest BCUT2D eigenvalue weighted by Gasteiger charge is -2.39. The summed E-state index contributed by atoms with van der Waals surface area (Å²) < 4.78 is 5.80. The fourth-order valence-electron chi connectivity index (χ4n) is 2.53. The molecule has 106 valence electrons. The van der Waals surface area contributed by atoms with E-state index in [1.807, 2.05) is 31.2 Å². The molecule has 1 aliphatic rings. The summed E-state index contributed by atoms with van der Waals surface area (Å²) in [4.78, 5) is 10.7. The lowest BCUT2D eigenvalue weighted by molar-refractivity contribution is 0.0299. The fraction of sp³-hybridized carbons (Fsp3) is 0.312. The summed E-state index contributed by atoms with van der Waals surface area (Å²) in [5.41, 5.74) is 1.52. The minimum absolute atomic E-state index is 0.115. The van der Waals surface area contributed by atoms with Crippen LogP contribution in [0.5, 0.6) is 0 Å². The molecular weight excluding hydrogens is 264 g/mol. The van der Waals surface area contributed by atoms with Crippen LogP contribution in [0, 0.1) is 11.3 Å². The second-order valence-corrected chi connectivity index (χ2v) is 5.09. The Morgan fingerprint density at radius 1 is 1.24 bits per heavy atom. The molecule has 3 rings (SSSR count). The van der Waals surface area contributed by atoms with Crippen molar-refractivity contribution >= 4 is 5.82 Å². The third kappa shape index (κ3) is 2.86. The van der Waals surface area contributed by atoms with Crippen LogP contribution in [-0.4, -0.2) is 29.2 Å². The van der Waals surface area contributed by atoms with Gasteiger partial charge in [-0.1, -0.05) is 30.3 Å². The smallest absolute Gasteiger partial charge is 0.158 e. The summed E-state index contributed by atoms with van der Waals surface area (Å²) in [6, 6.07) is 12.3. The molecule has 1 saturated heterocycles. The van der Waals surface area contributed by atoms with Crippen molar-refractivity contribution in [1.82, 2.24) is 9.97 Å². The summed E-state index contributed by atoms with van der Waals surface area (Å²) in [6.45, 7) is 3.41. The third-order valence-corrected chi connectivity index (χ3v) is 3.60. The molecule has 2 aromatic rings. The Kier molecular flexibility index (Phi) is 3.80. The summed E-state index contributed by atoms with van der Waals surface area (Å²) >= 11 is 0. The topological polar surface area (TPSA) is 62.0 Å². The van der Waals surface area contributed by atoms with Gasteiger partial charge in [0.1, 0.15) is 11.9 Å². The molecule has 2 heterocycles. The van der Waals surface area contributed by atoms with E-state index in [4.69, 9.17) is 10.00 Å². The molecule has 5 nitrogen and oxygen atoms in total. The highest BCUT2D eigenvalue weighted by Gasteiger charge is 2.29. The molecule has 21 heavy (non-hydrogen) atoms. The molecule has 0 aliphatic carbocycles. The Hall–Kier alpha value is -2.45. The lowest BCUT2D eigenvalue weighted by Crippen LogP contribution is -2.44. The van der Waals surface area contributed by atoms with Gasteiger partial charge in [0.25, 0.3) is 0 Å². The number of benzene rings is 1. The third-order valence-electron chi connectivity index (χ3n) is 3.60. The van der Waals surface area contributed by atoms with Crippen LogP contribution in [0.25, 0.3) is 0 Å². The molecule has 0 radical (unpaired) electrons. The van der Waals surface area contributed by atoms with E-state index in [2.05, 4.69) is 27.0 Å². The van der Waals surface area contributed by atoms with Gasteiger partial charge in [0, 0.05) is 6.54 Å². The highest BCUT2D eigenvalue weighted by molar-refractivity contribution is 5.42. The maximum atomic E-state index is 8.82. The van der Waals surface area contributed by atoms with E-state index in [0.717, 1.165) is 12.4 Å². The van der Waals surface area contributed by atoms with Gasteiger partial charge in [-0.05, 0) is 12.5 Å². The monoisotopic (exact) mass is 280 g/mol. The molecular formula is C16H16N4O. The average molecular weight is 280 g/mol. The first kappa shape index (κ1) is 13.5. The molecule has 1 aliphatic heterocycles. The normalized spacial score (nSPS) is 21.8. The number of morpholine rings is 1. The van der Waals surface area contributed by atoms with Crippen LogP contribution >= 0.6 is 0 Å². The van der Waals surface area contributed by atoms with Gasteiger partial charge in [-0.3, -0.25) is 0 Å². The Balaban J connectivity index is 1.93. The van der Waals surface area contributed by atoms with Crippen molar-refractivity contribution in [2.24, 2.45) is 0 Å². The first-order valence-electron chi connectivity index (χ1n) is 6.93. The Labute approximate surface area is 123 Å². The minimum Gasteiger partial charge on any atom is -0.374 e. The molecule has 0 bridgehead atoms. The van der Waals surface area contributed by atoms with Crippen molar-refractivity contribution < 1.29 is 4.74 Å². The van der Waals surface area contributed by atoms with Crippen LogP contribution in [0.4, 0.5) is 5.82 Å². The van der Waals surface area contributed by atoms with E-state index in [1.54, 1.807) is 6.20 Å². The zero-order chi connectivity index (χ0) is 14.7. The van der Waals surface area contributed by atoms with E-state index < -0.39 is 0 Å². The van der Waals surface area contributed by atoms with Gasteiger partial charge in [-0.15, -0.1) is 0 Å². The highest BCUT2D eigenvalue weighted by Crippen LogP contribution is 2.29. The van der Waals surface area contributed by atoms with Crippen molar-refractivity contribution in [1.29, 1.82) is 5.26 Å². The molecule has 0 amide bonds. The standard InChI is InChI=1S/C16H16N4O/c1-12-10-20(16-9-18-14(7-17)8-19-16)15(11-21-12)13-5-3-2-4-6-13/h2-6,8-9,12,15H,10-11H2,1H3. The van der Waals surface area contributed by atoms with Gasteiger partial charge in [0.05, 0.1) is 31.1 Å². The van der Waals surface area contributed by atoms with Crippen LogP contribution in [-0.2, 0) is 4.74 Å². The first-order chi connectivity index (χ1) is 10.3. The Bertz CT molecular complexity index is 636. The highest BCUT2D eigenvalue weighted by atomic mass is 16.5. The minimum atomic E-state index is 0.115. The molecule has 1 fully saturated rings. The van der Waals surface area contributed by atoms with Gasteiger partial charge in [-0.2, -0.15) is 5.26 Å². The number of anilines is 1. The van der Waals surface area contributed by atoms with Gasteiger partial charge in [0.15, 0.2) is 5.69 Å². The summed E-state index contributed by atoms with van der Waals surface area (Å²) in [5.74, 6) is 0.776. The fourth-order valence-corrected chi connectivity index (χ4v) is 2.53. The van der Waals surface area contributed by atoms with Gasteiger partial charge in [-0.25, -0.2) is 9.97 Å². The molecule has 0 saturated carbocycles. The van der Waals surface area contributed by atoms with Crippen molar-refractivity contribution in [3.63, 3.8) is 0 Å². The number of hydrogen-bond donors (Lipinski definition) is 0. The number of hydrogen-bond acceptors (Lipinski definition) is 5. The van der Waals surface area contributed by atoms with Crippen molar-refractivity contribution in [2.45, 2.75) is 19.1 Å². The molecule has 2 unspecified atom stereocenters. The summed E-state index contributed by atoms with van der Waals surface area (Å²) in [5, 5.41) is 8.82. The van der Waals surface area contributed by atoms with E-state index >= 15 is 0 Å². The average Bonchev–Trinajstić information content (AvgIpc) is 2.56. The zero-order valence-corrected chi connectivity index (χ0v) is 11.8. The number of nitriles is 1. The molecule has 5 heteroatoms. The largest absolute Gasteiger partial charge is 0.374 e. The van der Waals surface area contributed by atoms with Crippen molar-refractivity contribution in [3.05, 3.63) is 54.0 Å². The number of ether oxygens (including phenoxy) is 1. The number of nitrogens with zero attached hydrogens (tertiary/aromatic N) is 4. The number of rotatable bonds is 2. The van der Waals surface area contributed by atoms with Crippen LogP contribution in [0.1, 0.15) is 24.2 Å². The van der Waals surface area contributed by atoms with E-state index in [-0.39, 0.29) is 12.1 Å². The molecule has 0 spiro atoms. The molecule has 0 N–H and O–H groups in total. The van der Waals surface area contributed by atoms with Gasteiger partial charge < -0.3 is 9.64 Å². The molecule has 2 atom stereocenters. The SMILES string of the molecule is CC1CN(c2cnc(C#N)cn2)C(c2ccccc2)CO1. The summed E-state index contributed by atoms with van der Waals surface area (Å²) in [6.07, 6.45) is 3.31. The molecule has 1 aromatic heterocycles. The van der Waals surface area contributed by atoms with E-state index in [1.165, 1.54) is 11.8 Å². The Morgan fingerprint density at radius 2 is 2.05 bits per heavy atom. The van der Waals surface area contributed by atoms with E-state index in [0.29, 0.717) is 12.3 Å². The maximum Gasteiger partial charge on any atom is 0.158 e. The van der Waals surface area contributed by atoms with Gasteiger partial charge >= 0.3 is 0 Å². The first-order valence-corrected chi connectivity index (χ1v) is 6.93. The van der Waals surface area contributed by atoms with Crippen LogP contribution in [0.3, 0.4) is 0 Å². The number of aromatic nitrogens is 2. The van der Waals surface area contributed by atoms with Crippen molar-refractivity contribution in [3.8, 4) is 6.07 Å². The van der Waals surface area contributed by atoms with Gasteiger partial charge in [0.2, 0.25) is 0 Å². The van der Waals surface area contributed by atoms with Crippen LogP contribution < -0.4 is 4.90 Å². The Morgan fingerprint density at radius 3 is 2.71 bits per heavy atom. The predicted octanol–water partition coefficient (Wildman–Crippen LogP) is 2.31. The van der Waals surface area contributed by atoms with Crippen LogP contribution in [0.2, 0.25) is 0 Å². The predicted molar refractivity (Wildman–Crippen MR) is 78.7 cm³/mol. The summed E-state index contributed by atoms with van der Waals surface area (Å²) in [7, 11) is 0. The lowest BCUT2D eigenvalue weighted by atomic mass is 10.0. The second kappa shape index (κ2) is 5.90. The van der Waals surface area contributed by atoms with Crippen molar-refractivity contribution in [2.75, 3.05) is 18.1 Å². The second-order valence-electron chi connectivity index (χ2n) is 5.09. The maximum absolute atomic E-state index is 8.82. The molecule has 1 aromatic carbocycles. The van der Waals surface area contributed by atoms with Crippen LogP contribution in [0.15, 0.2) is 42.7 Å². The quantitative estimate of drug-likeness (QED) is 0.844.